The van der Waals surface area contributed by atoms with E-state index in [1.54, 1.807) is 14.1 Å². The predicted octanol–water partition coefficient (Wildman–Crippen LogP) is 1.68. The maximum atomic E-state index is 12.5. The lowest BCUT2D eigenvalue weighted by Crippen LogP contribution is -2.52. The SMILES string of the molecule is CC(C)C[C@H](NC(=O)N(C)C)C(=O)N1CCCCC1. The van der Waals surface area contributed by atoms with Crippen LogP contribution in [0.4, 0.5) is 4.79 Å². The van der Waals surface area contributed by atoms with Crippen molar-refractivity contribution in [2.75, 3.05) is 27.2 Å². The van der Waals surface area contributed by atoms with Crippen LogP contribution in [0.25, 0.3) is 0 Å². The zero-order valence-electron chi connectivity index (χ0n) is 12.6. The second kappa shape index (κ2) is 7.36. The van der Waals surface area contributed by atoms with Crippen molar-refractivity contribution in [3.63, 3.8) is 0 Å². The van der Waals surface area contributed by atoms with E-state index in [0.717, 1.165) is 25.9 Å². The molecule has 0 radical (unpaired) electrons. The number of nitrogens with zero attached hydrogens (tertiary/aromatic N) is 2. The molecular formula is C14H27N3O2. The van der Waals surface area contributed by atoms with Crippen molar-refractivity contribution in [1.29, 1.82) is 0 Å². The molecular weight excluding hydrogens is 242 g/mol. The second-order valence-corrected chi connectivity index (χ2v) is 5.91. The molecule has 5 nitrogen and oxygen atoms in total. The molecule has 0 aromatic carbocycles. The molecule has 19 heavy (non-hydrogen) atoms. The number of amides is 3. The number of carbonyl (C=O) groups excluding carboxylic acids is 2. The van der Waals surface area contributed by atoms with Gasteiger partial charge in [0.2, 0.25) is 5.91 Å². The molecule has 1 aliphatic heterocycles. The van der Waals surface area contributed by atoms with Crippen molar-refractivity contribution in [3.05, 3.63) is 0 Å². The van der Waals surface area contributed by atoms with E-state index >= 15 is 0 Å². The molecule has 1 N–H and O–H groups in total. The molecule has 0 spiro atoms. The van der Waals surface area contributed by atoms with Crippen LogP contribution in [0, 0.1) is 5.92 Å². The zero-order chi connectivity index (χ0) is 14.4. The highest BCUT2D eigenvalue weighted by Crippen LogP contribution is 2.13. The summed E-state index contributed by atoms with van der Waals surface area (Å²) in [4.78, 5) is 27.6. The maximum Gasteiger partial charge on any atom is 0.317 e. The Bertz CT molecular complexity index is 310. The number of piperidine rings is 1. The average molecular weight is 269 g/mol. The van der Waals surface area contributed by atoms with Gasteiger partial charge in [-0.2, -0.15) is 0 Å². The highest BCUT2D eigenvalue weighted by atomic mass is 16.2. The number of hydrogen-bond donors (Lipinski definition) is 1. The molecule has 0 aromatic heterocycles. The molecule has 0 bridgehead atoms. The summed E-state index contributed by atoms with van der Waals surface area (Å²) in [7, 11) is 3.38. The Labute approximate surface area is 116 Å². The van der Waals surface area contributed by atoms with E-state index in [4.69, 9.17) is 0 Å². The molecule has 1 fully saturated rings. The van der Waals surface area contributed by atoms with Gasteiger partial charge in [0.05, 0.1) is 0 Å². The number of likely N-dealkylation sites (tertiary alicyclic amines) is 1. The van der Waals surface area contributed by atoms with Crippen LogP contribution in [0.3, 0.4) is 0 Å². The summed E-state index contributed by atoms with van der Waals surface area (Å²) in [6.45, 7) is 5.78. The quantitative estimate of drug-likeness (QED) is 0.844. The Hall–Kier alpha value is -1.26. The summed E-state index contributed by atoms with van der Waals surface area (Å²) in [5.41, 5.74) is 0. The smallest absolute Gasteiger partial charge is 0.317 e. The number of hydrogen-bond acceptors (Lipinski definition) is 2. The van der Waals surface area contributed by atoms with Gasteiger partial charge in [-0.1, -0.05) is 13.8 Å². The highest BCUT2D eigenvalue weighted by Gasteiger charge is 2.27. The van der Waals surface area contributed by atoms with Crippen molar-refractivity contribution in [1.82, 2.24) is 15.1 Å². The van der Waals surface area contributed by atoms with Crippen LogP contribution >= 0.6 is 0 Å². The number of urea groups is 1. The number of carbonyl (C=O) groups is 2. The van der Waals surface area contributed by atoms with Crippen LogP contribution in [0.15, 0.2) is 0 Å². The van der Waals surface area contributed by atoms with Gasteiger partial charge in [0, 0.05) is 27.2 Å². The van der Waals surface area contributed by atoms with E-state index in [9.17, 15) is 9.59 Å². The first-order valence-corrected chi connectivity index (χ1v) is 7.18. The summed E-state index contributed by atoms with van der Waals surface area (Å²) in [6.07, 6.45) is 4.03. The van der Waals surface area contributed by atoms with Gasteiger partial charge in [-0.3, -0.25) is 4.79 Å². The Morgan fingerprint density at radius 1 is 1.16 bits per heavy atom. The van der Waals surface area contributed by atoms with Gasteiger partial charge in [0.1, 0.15) is 6.04 Å². The third-order valence-electron chi connectivity index (χ3n) is 3.38. The lowest BCUT2D eigenvalue weighted by molar-refractivity contribution is -0.134. The topological polar surface area (TPSA) is 52.7 Å². The van der Waals surface area contributed by atoms with E-state index in [1.807, 2.05) is 4.90 Å². The standard InChI is InChI=1S/C14H27N3O2/c1-11(2)10-12(15-14(19)16(3)4)13(18)17-8-6-5-7-9-17/h11-12H,5-10H2,1-4H3,(H,15,19)/t12-/m0/s1. The fourth-order valence-electron chi connectivity index (χ4n) is 2.31. The van der Waals surface area contributed by atoms with Crippen LogP contribution in [-0.2, 0) is 4.79 Å². The summed E-state index contributed by atoms with van der Waals surface area (Å²) in [5, 5.41) is 2.84. The molecule has 1 rings (SSSR count). The number of rotatable bonds is 4. The zero-order valence-corrected chi connectivity index (χ0v) is 12.6. The first-order chi connectivity index (χ1) is 8.91. The summed E-state index contributed by atoms with van der Waals surface area (Å²) in [5.74, 6) is 0.449. The van der Waals surface area contributed by atoms with Gasteiger partial charge in [-0.15, -0.1) is 0 Å². The van der Waals surface area contributed by atoms with Gasteiger partial charge in [-0.05, 0) is 31.6 Å². The molecule has 5 heteroatoms. The van der Waals surface area contributed by atoms with Crippen LogP contribution in [-0.4, -0.2) is 55.0 Å². The van der Waals surface area contributed by atoms with Crippen LogP contribution in [0.2, 0.25) is 0 Å². The first-order valence-electron chi connectivity index (χ1n) is 7.18. The van der Waals surface area contributed by atoms with Crippen molar-refractivity contribution in [3.8, 4) is 0 Å². The van der Waals surface area contributed by atoms with E-state index < -0.39 is 6.04 Å². The Balaban J connectivity index is 2.66. The van der Waals surface area contributed by atoms with E-state index in [0.29, 0.717) is 12.3 Å². The van der Waals surface area contributed by atoms with Crippen LogP contribution < -0.4 is 5.32 Å². The van der Waals surface area contributed by atoms with Crippen LogP contribution in [0.1, 0.15) is 39.5 Å². The molecule has 0 aromatic rings. The summed E-state index contributed by atoms with van der Waals surface area (Å²) in [6, 6.07) is -0.594. The third-order valence-corrected chi connectivity index (χ3v) is 3.38. The maximum absolute atomic E-state index is 12.5. The van der Waals surface area contributed by atoms with Gasteiger partial charge in [0.25, 0.3) is 0 Å². The molecule has 0 saturated carbocycles. The molecule has 0 aliphatic carbocycles. The lowest BCUT2D eigenvalue weighted by Gasteiger charge is -2.31. The van der Waals surface area contributed by atoms with E-state index in [1.165, 1.54) is 11.3 Å². The molecule has 1 heterocycles. The van der Waals surface area contributed by atoms with Crippen molar-refractivity contribution < 1.29 is 9.59 Å². The molecule has 1 atom stereocenters. The van der Waals surface area contributed by atoms with Crippen molar-refractivity contribution in [2.24, 2.45) is 5.92 Å². The molecule has 1 saturated heterocycles. The van der Waals surface area contributed by atoms with Gasteiger partial charge in [0.15, 0.2) is 0 Å². The highest BCUT2D eigenvalue weighted by molar-refractivity contribution is 5.87. The third kappa shape index (κ3) is 5.09. The van der Waals surface area contributed by atoms with Crippen LogP contribution in [0.5, 0.6) is 0 Å². The van der Waals surface area contributed by atoms with Gasteiger partial charge < -0.3 is 15.1 Å². The average Bonchev–Trinajstić information content (AvgIpc) is 2.37. The predicted molar refractivity (Wildman–Crippen MR) is 75.9 cm³/mol. The monoisotopic (exact) mass is 269 g/mol. The normalized spacial score (nSPS) is 17.2. The van der Waals surface area contributed by atoms with Gasteiger partial charge in [-0.25, -0.2) is 4.79 Å². The fourth-order valence-corrected chi connectivity index (χ4v) is 2.31. The lowest BCUT2D eigenvalue weighted by atomic mass is 10.0. The largest absolute Gasteiger partial charge is 0.341 e. The molecule has 1 aliphatic rings. The van der Waals surface area contributed by atoms with Gasteiger partial charge >= 0.3 is 6.03 Å². The Morgan fingerprint density at radius 3 is 2.21 bits per heavy atom. The summed E-state index contributed by atoms with van der Waals surface area (Å²) < 4.78 is 0. The van der Waals surface area contributed by atoms with E-state index in [-0.39, 0.29) is 11.9 Å². The van der Waals surface area contributed by atoms with E-state index in [2.05, 4.69) is 19.2 Å². The summed E-state index contributed by atoms with van der Waals surface area (Å²) >= 11 is 0. The van der Waals surface area contributed by atoms with Crippen molar-refractivity contribution >= 4 is 11.9 Å². The number of nitrogens with one attached hydrogen (secondary N) is 1. The van der Waals surface area contributed by atoms with Crippen molar-refractivity contribution in [2.45, 2.75) is 45.6 Å². The second-order valence-electron chi connectivity index (χ2n) is 5.91. The minimum absolute atomic E-state index is 0.0728. The Morgan fingerprint density at radius 2 is 1.74 bits per heavy atom. The minimum atomic E-state index is -0.395. The Kier molecular flexibility index (Phi) is 6.12. The minimum Gasteiger partial charge on any atom is -0.341 e. The molecule has 110 valence electrons. The molecule has 3 amide bonds. The molecule has 0 unspecified atom stereocenters. The fraction of sp³-hybridized carbons (Fsp3) is 0.857. The first kappa shape index (κ1) is 15.8.